The molecule has 0 aliphatic rings. The minimum absolute atomic E-state index is 0.0892. The van der Waals surface area contributed by atoms with E-state index in [1.54, 1.807) is 6.92 Å². The standard InChI is InChI=1S/C13H16O2/c1-4-13(3,12(14)15)10(2)11-8-6-5-7-9-11/h4-10H,1H2,2-3H3,(H,14,15)/t10-,13+/m0/s1. The Hall–Kier alpha value is -1.57. The SMILES string of the molecule is C=C[C@@](C)(C(=O)O)[C@@H](C)c1ccccc1. The van der Waals surface area contributed by atoms with Crippen LogP contribution in [-0.4, -0.2) is 11.1 Å². The molecule has 0 heterocycles. The number of rotatable bonds is 4. The lowest BCUT2D eigenvalue weighted by Crippen LogP contribution is -2.30. The molecule has 0 amide bonds. The third kappa shape index (κ3) is 2.09. The first-order valence-corrected chi connectivity index (χ1v) is 4.94. The van der Waals surface area contributed by atoms with E-state index in [1.165, 1.54) is 6.08 Å². The van der Waals surface area contributed by atoms with E-state index in [9.17, 15) is 9.90 Å². The summed E-state index contributed by atoms with van der Waals surface area (Å²) in [5.41, 5.74) is 0.101. The lowest BCUT2D eigenvalue weighted by atomic mass is 9.74. The second-order valence-corrected chi connectivity index (χ2v) is 3.92. The smallest absolute Gasteiger partial charge is 0.313 e. The summed E-state index contributed by atoms with van der Waals surface area (Å²) in [7, 11) is 0. The van der Waals surface area contributed by atoms with Gasteiger partial charge in [-0.1, -0.05) is 43.3 Å². The van der Waals surface area contributed by atoms with E-state index >= 15 is 0 Å². The zero-order valence-electron chi connectivity index (χ0n) is 9.10. The molecule has 1 aromatic rings. The highest BCUT2D eigenvalue weighted by molar-refractivity contribution is 5.77. The van der Waals surface area contributed by atoms with E-state index in [0.29, 0.717) is 0 Å². The topological polar surface area (TPSA) is 37.3 Å². The van der Waals surface area contributed by atoms with Gasteiger partial charge < -0.3 is 5.11 Å². The third-order valence-corrected chi connectivity index (χ3v) is 3.08. The molecule has 0 bridgehead atoms. The number of benzene rings is 1. The molecule has 1 N–H and O–H groups in total. The van der Waals surface area contributed by atoms with Crippen molar-refractivity contribution in [1.82, 2.24) is 0 Å². The van der Waals surface area contributed by atoms with Crippen LogP contribution in [0.3, 0.4) is 0 Å². The molecule has 0 aliphatic carbocycles. The number of carboxylic acid groups (broad SMARTS) is 1. The first-order chi connectivity index (χ1) is 7.02. The van der Waals surface area contributed by atoms with E-state index < -0.39 is 11.4 Å². The number of carbonyl (C=O) groups is 1. The highest BCUT2D eigenvalue weighted by Crippen LogP contribution is 2.36. The monoisotopic (exact) mass is 204 g/mol. The van der Waals surface area contributed by atoms with Crippen molar-refractivity contribution in [1.29, 1.82) is 0 Å². The number of hydrogen-bond donors (Lipinski definition) is 1. The highest BCUT2D eigenvalue weighted by atomic mass is 16.4. The fourth-order valence-corrected chi connectivity index (χ4v) is 1.54. The fraction of sp³-hybridized carbons (Fsp3) is 0.308. The molecular formula is C13H16O2. The molecule has 1 rings (SSSR count). The van der Waals surface area contributed by atoms with Gasteiger partial charge in [0.15, 0.2) is 0 Å². The van der Waals surface area contributed by atoms with E-state index in [0.717, 1.165) is 5.56 Å². The molecular weight excluding hydrogens is 188 g/mol. The fourth-order valence-electron chi connectivity index (χ4n) is 1.54. The van der Waals surface area contributed by atoms with Gasteiger partial charge in [-0.05, 0) is 12.5 Å². The predicted molar refractivity (Wildman–Crippen MR) is 60.8 cm³/mol. The van der Waals surface area contributed by atoms with Gasteiger partial charge in [0.05, 0.1) is 5.41 Å². The number of carboxylic acids is 1. The molecule has 15 heavy (non-hydrogen) atoms. The van der Waals surface area contributed by atoms with Crippen LogP contribution in [0.25, 0.3) is 0 Å². The van der Waals surface area contributed by atoms with Crippen molar-refractivity contribution in [2.45, 2.75) is 19.8 Å². The van der Waals surface area contributed by atoms with E-state index in [-0.39, 0.29) is 5.92 Å². The molecule has 0 spiro atoms. The van der Waals surface area contributed by atoms with E-state index in [2.05, 4.69) is 6.58 Å². The van der Waals surface area contributed by atoms with E-state index in [1.807, 2.05) is 37.3 Å². The molecule has 0 unspecified atom stereocenters. The summed E-state index contributed by atoms with van der Waals surface area (Å²) in [4.78, 5) is 11.2. The maximum absolute atomic E-state index is 11.2. The minimum atomic E-state index is -0.915. The largest absolute Gasteiger partial charge is 0.481 e. The van der Waals surface area contributed by atoms with Crippen LogP contribution in [-0.2, 0) is 4.79 Å². The lowest BCUT2D eigenvalue weighted by molar-refractivity contribution is -0.146. The van der Waals surface area contributed by atoms with Crippen molar-refractivity contribution in [3.63, 3.8) is 0 Å². The summed E-state index contributed by atoms with van der Waals surface area (Å²) >= 11 is 0. The number of aliphatic carboxylic acids is 1. The van der Waals surface area contributed by atoms with E-state index in [4.69, 9.17) is 0 Å². The summed E-state index contributed by atoms with van der Waals surface area (Å²) in [5, 5.41) is 9.19. The van der Waals surface area contributed by atoms with Crippen molar-refractivity contribution in [3.8, 4) is 0 Å². The Morgan fingerprint density at radius 3 is 2.40 bits per heavy atom. The zero-order valence-corrected chi connectivity index (χ0v) is 9.10. The Morgan fingerprint density at radius 2 is 2.00 bits per heavy atom. The lowest BCUT2D eigenvalue weighted by Gasteiger charge is -2.28. The van der Waals surface area contributed by atoms with Gasteiger partial charge in [0.1, 0.15) is 0 Å². The Bertz CT molecular complexity index is 356. The summed E-state index contributed by atoms with van der Waals surface area (Å²) < 4.78 is 0. The average molecular weight is 204 g/mol. The van der Waals surface area contributed by atoms with Gasteiger partial charge in [0, 0.05) is 5.92 Å². The van der Waals surface area contributed by atoms with Crippen LogP contribution in [0.15, 0.2) is 43.0 Å². The van der Waals surface area contributed by atoms with Crippen molar-refractivity contribution >= 4 is 5.97 Å². The van der Waals surface area contributed by atoms with Gasteiger partial charge in [-0.25, -0.2) is 0 Å². The summed E-state index contributed by atoms with van der Waals surface area (Å²) in [6.07, 6.45) is 1.51. The van der Waals surface area contributed by atoms with Crippen LogP contribution in [0, 0.1) is 5.41 Å². The molecule has 2 heteroatoms. The van der Waals surface area contributed by atoms with Gasteiger partial charge in [-0.2, -0.15) is 0 Å². The third-order valence-electron chi connectivity index (χ3n) is 3.08. The zero-order chi connectivity index (χ0) is 11.5. The Kier molecular flexibility index (Phi) is 3.30. The Balaban J connectivity index is 3.07. The van der Waals surface area contributed by atoms with Crippen molar-refractivity contribution in [3.05, 3.63) is 48.6 Å². The van der Waals surface area contributed by atoms with Crippen LogP contribution >= 0.6 is 0 Å². The van der Waals surface area contributed by atoms with Crippen LogP contribution in [0.1, 0.15) is 25.3 Å². The first-order valence-electron chi connectivity index (χ1n) is 4.94. The second-order valence-electron chi connectivity index (χ2n) is 3.92. The molecule has 0 aliphatic heterocycles. The molecule has 0 fully saturated rings. The van der Waals surface area contributed by atoms with Crippen molar-refractivity contribution < 1.29 is 9.90 Å². The minimum Gasteiger partial charge on any atom is -0.481 e. The molecule has 0 aromatic heterocycles. The van der Waals surface area contributed by atoms with Crippen LogP contribution in [0.2, 0.25) is 0 Å². The van der Waals surface area contributed by atoms with Gasteiger partial charge in [-0.3, -0.25) is 4.79 Å². The maximum atomic E-state index is 11.2. The summed E-state index contributed by atoms with van der Waals surface area (Å²) in [5.74, 6) is -0.928. The quantitative estimate of drug-likeness (QED) is 0.765. The van der Waals surface area contributed by atoms with Crippen LogP contribution in [0.5, 0.6) is 0 Å². The van der Waals surface area contributed by atoms with Gasteiger partial charge in [0.25, 0.3) is 0 Å². The van der Waals surface area contributed by atoms with Crippen LogP contribution < -0.4 is 0 Å². The maximum Gasteiger partial charge on any atom is 0.313 e. The Morgan fingerprint density at radius 1 is 1.47 bits per heavy atom. The molecule has 2 nitrogen and oxygen atoms in total. The molecule has 0 saturated carbocycles. The predicted octanol–water partition coefficient (Wildman–Crippen LogP) is 3.07. The molecule has 0 radical (unpaired) electrons. The van der Waals surface area contributed by atoms with Gasteiger partial charge >= 0.3 is 5.97 Å². The highest BCUT2D eigenvalue weighted by Gasteiger charge is 2.36. The molecule has 80 valence electrons. The summed E-state index contributed by atoms with van der Waals surface area (Å²) in [6, 6.07) is 9.63. The molecule has 2 atom stereocenters. The van der Waals surface area contributed by atoms with Gasteiger partial charge in [-0.15, -0.1) is 6.58 Å². The number of hydrogen-bond acceptors (Lipinski definition) is 1. The van der Waals surface area contributed by atoms with Gasteiger partial charge in [0.2, 0.25) is 0 Å². The Labute approximate surface area is 90.3 Å². The first kappa shape index (κ1) is 11.5. The molecule has 1 aromatic carbocycles. The molecule has 0 saturated heterocycles. The van der Waals surface area contributed by atoms with Crippen molar-refractivity contribution in [2.75, 3.05) is 0 Å². The second kappa shape index (κ2) is 4.30. The normalized spacial score (nSPS) is 16.4. The van der Waals surface area contributed by atoms with Crippen LogP contribution in [0.4, 0.5) is 0 Å². The van der Waals surface area contributed by atoms with Crippen molar-refractivity contribution in [2.24, 2.45) is 5.41 Å². The average Bonchev–Trinajstić information content (AvgIpc) is 2.28. The summed E-state index contributed by atoms with van der Waals surface area (Å²) in [6.45, 7) is 7.22.